The molecule has 1 aromatic heterocycles. The predicted octanol–water partition coefficient (Wildman–Crippen LogP) is 2.56. The van der Waals surface area contributed by atoms with Crippen LogP contribution >= 0.6 is 11.8 Å². The van der Waals surface area contributed by atoms with Crippen molar-refractivity contribution in [2.45, 2.75) is 16.7 Å². The Morgan fingerprint density at radius 1 is 1.37 bits per heavy atom. The van der Waals surface area contributed by atoms with Crippen molar-refractivity contribution >= 4 is 23.4 Å². The Balaban J connectivity index is 2.20. The summed E-state index contributed by atoms with van der Waals surface area (Å²) in [6.45, 7) is 2.46. The number of aromatic nitrogens is 1. The van der Waals surface area contributed by atoms with Crippen LogP contribution in [0.25, 0.3) is 0 Å². The van der Waals surface area contributed by atoms with Gasteiger partial charge in [0.05, 0.1) is 0 Å². The van der Waals surface area contributed by atoms with E-state index in [1.807, 2.05) is 37.3 Å². The molecule has 0 unspecified atom stereocenters. The highest BCUT2D eigenvalue weighted by molar-refractivity contribution is 7.99. The molecule has 0 aliphatic heterocycles. The number of hydrogen-bond donors (Lipinski definition) is 2. The summed E-state index contributed by atoms with van der Waals surface area (Å²) in [5.41, 5.74) is 7.04. The molecule has 2 aromatic rings. The third kappa shape index (κ3) is 3.48. The third-order valence-corrected chi connectivity index (χ3v) is 3.53. The van der Waals surface area contributed by atoms with Gasteiger partial charge in [0, 0.05) is 28.2 Å². The average Bonchev–Trinajstić information content (AvgIpc) is 2.42. The lowest BCUT2D eigenvalue weighted by atomic mass is 10.3. The monoisotopic (exact) mass is 273 g/mol. The fourth-order valence-corrected chi connectivity index (χ4v) is 2.44. The first kappa shape index (κ1) is 13.4. The number of nitrogen functional groups attached to an aromatic ring is 1. The molecule has 0 fully saturated rings. The lowest BCUT2D eigenvalue weighted by Crippen LogP contribution is -2.23. The van der Waals surface area contributed by atoms with Crippen molar-refractivity contribution < 1.29 is 4.79 Å². The van der Waals surface area contributed by atoms with Gasteiger partial charge in [-0.3, -0.25) is 9.78 Å². The van der Waals surface area contributed by atoms with Crippen molar-refractivity contribution in [2.75, 3.05) is 12.3 Å². The maximum Gasteiger partial charge on any atom is 0.269 e. The first-order valence-corrected chi connectivity index (χ1v) is 6.79. The number of nitrogens with two attached hydrogens (primary N) is 1. The minimum absolute atomic E-state index is 0.161. The molecule has 1 heterocycles. The number of nitrogens with zero attached hydrogens (tertiary/aromatic N) is 1. The summed E-state index contributed by atoms with van der Waals surface area (Å²) in [4.78, 5) is 17.7. The van der Waals surface area contributed by atoms with Gasteiger partial charge in [-0.2, -0.15) is 0 Å². The van der Waals surface area contributed by atoms with E-state index in [-0.39, 0.29) is 5.91 Å². The summed E-state index contributed by atoms with van der Waals surface area (Å²) < 4.78 is 0. The van der Waals surface area contributed by atoms with Crippen LogP contribution in [-0.2, 0) is 0 Å². The van der Waals surface area contributed by atoms with Crippen LogP contribution in [0, 0.1) is 0 Å². The highest BCUT2D eigenvalue weighted by atomic mass is 32.2. The Bertz CT molecular complexity index is 586. The molecular weight excluding hydrogens is 258 g/mol. The lowest BCUT2D eigenvalue weighted by molar-refractivity contribution is 0.0950. The average molecular weight is 273 g/mol. The van der Waals surface area contributed by atoms with Crippen molar-refractivity contribution in [2.24, 2.45) is 0 Å². The number of hydrogen-bond acceptors (Lipinski definition) is 4. The van der Waals surface area contributed by atoms with Crippen molar-refractivity contribution in [3.8, 4) is 0 Å². The Morgan fingerprint density at radius 3 is 2.89 bits per heavy atom. The number of amides is 1. The number of nitrogens with one attached hydrogen (secondary N) is 1. The molecule has 2 rings (SSSR count). The van der Waals surface area contributed by atoms with Crippen molar-refractivity contribution in [3.63, 3.8) is 0 Å². The second-order valence-corrected chi connectivity index (χ2v) is 4.99. The van der Waals surface area contributed by atoms with E-state index in [1.54, 1.807) is 12.3 Å². The van der Waals surface area contributed by atoms with Crippen LogP contribution in [-0.4, -0.2) is 17.4 Å². The Morgan fingerprint density at radius 2 is 2.16 bits per heavy atom. The van der Waals surface area contributed by atoms with Crippen LogP contribution in [0.5, 0.6) is 0 Å². The van der Waals surface area contributed by atoms with Crippen LogP contribution in [0.3, 0.4) is 0 Å². The maximum absolute atomic E-state index is 11.7. The molecular formula is C14H15N3OS. The van der Waals surface area contributed by atoms with E-state index in [1.165, 1.54) is 11.8 Å². The number of carbonyl (C=O) groups is 1. The molecule has 0 radical (unpaired) electrons. The number of carbonyl (C=O) groups excluding carboxylic acids is 1. The summed E-state index contributed by atoms with van der Waals surface area (Å²) in [7, 11) is 0. The van der Waals surface area contributed by atoms with Gasteiger partial charge in [0.1, 0.15) is 5.69 Å². The second-order valence-electron chi connectivity index (χ2n) is 3.88. The molecule has 1 aromatic carbocycles. The number of rotatable bonds is 4. The molecule has 98 valence electrons. The van der Waals surface area contributed by atoms with Crippen LogP contribution in [0.4, 0.5) is 5.69 Å². The van der Waals surface area contributed by atoms with Crippen LogP contribution in [0.2, 0.25) is 0 Å². The Kier molecular flexibility index (Phi) is 4.41. The summed E-state index contributed by atoms with van der Waals surface area (Å²) in [5.74, 6) is -0.161. The molecule has 3 N–H and O–H groups in total. The largest absolute Gasteiger partial charge is 0.398 e. The zero-order chi connectivity index (χ0) is 13.7. The van der Waals surface area contributed by atoms with E-state index >= 15 is 0 Å². The number of anilines is 1. The molecule has 0 bridgehead atoms. The molecule has 0 aliphatic rings. The van der Waals surface area contributed by atoms with E-state index in [0.717, 1.165) is 15.5 Å². The number of benzene rings is 1. The zero-order valence-electron chi connectivity index (χ0n) is 10.6. The highest BCUT2D eigenvalue weighted by Crippen LogP contribution is 2.31. The fraction of sp³-hybridized carbons (Fsp3) is 0.143. The maximum atomic E-state index is 11.7. The molecule has 1 amide bonds. The molecule has 0 saturated carbocycles. The summed E-state index contributed by atoms with van der Waals surface area (Å²) >= 11 is 1.52. The highest BCUT2D eigenvalue weighted by Gasteiger charge is 2.08. The van der Waals surface area contributed by atoms with Gasteiger partial charge >= 0.3 is 0 Å². The van der Waals surface area contributed by atoms with Gasteiger partial charge in [0.15, 0.2) is 0 Å². The second kappa shape index (κ2) is 6.24. The van der Waals surface area contributed by atoms with Crippen LogP contribution < -0.4 is 11.1 Å². The van der Waals surface area contributed by atoms with Gasteiger partial charge in [0.2, 0.25) is 0 Å². The topological polar surface area (TPSA) is 68.0 Å². The molecule has 0 spiro atoms. The summed E-state index contributed by atoms with van der Waals surface area (Å²) in [6, 6.07) is 11.3. The molecule has 5 heteroatoms. The van der Waals surface area contributed by atoms with Gasteiger partial charge in [-0.25, -0.2) is 0 Å². The minimum Gasteiger partial charge on any atom is -0.398 e. The van der Waals surface area contributed by atoms with Gasteiger partial charge in [-0.05, 0) is 31.2 Å². The van der Waals surface area contributed by atoms with E-state index in [0.29, 0.717) is 12.2 Å². The van der Waals surface area contributed by atoms with E-state index in [9.17, 15) is 4.79 Å². The smallest absolute Gasteiger partial charge is 0.269 e. The molecule has 19 heavy (non-hydrogen) atoms. The quantitative estimate of drug-likeness (QED) is 0.840. The summed E-state index contributed by atoms with van der Waals surface area (Å²) in [6.07, 6.45) is 1.63. The molecule has 0 atom stereocenters. The lowest BCUT2D eigenvalue weighted by Gasteiger charge is -2.06. The molecule has 0 saturated heterocycles. The van der Waals surface area contributed by atoms with E-state index in [2.05, 4.69) is 10.3 Å². The summed E-state index contributed by atoms with van der Waals surface area (Å²) in [5, 5.41) is 2.73. The van der Waals surface area contributed by atoms with Gasteiger partial charge in [0.25, 0.3) is 5.91 Å². The SMILES string of the molecule is CCNC(=O)c1cc(Sc2ccccc2N)ccn1. The Hall–Kier alpha value is -2.01. The normalized spacial score (nSPS) is 10.2. The molecule has 0 aliphatic carbocycles. The third-order valence-electron chi connectivity index (χ3n) is 2.45. The number of para-hydroxylation sites is 1. The predicted molar refractivity (Wildman–Crippen MR) is 77.2 cm³/mol. The van der Waals surface area contributed by atoms with Crippen LogP contribution in [0.15, 0.2) is 52.4 Å². The fourth-order valence-electron chi connectivity index (χ4n) is 1.55. The van der Waals surface area contributed by atoms with Gasteiger partial charge in [-0.1, -0.05) is 23.9 Å². The van der Waals surface area contributed by atoms with Crippen molar-refractivity contribution in [1.29, 1.82) is 0 Å². The molecule has 4 nitrogen and oxygen atoms in total. The number of pyridine rings is 1. The first-order chi connectivity index (χ1) is 9.20. The van der Waals surface area contributed by atoms with Crippen molar-refractivity contribution in [1.82, 2.24) is 10.3 Å². The first-order valence-electron chi connectivity index (χ1n) is 5.97. The van der Waals surface area contributed by atoms with Crippen molar-refractivity contribution in [3.05, 3.63) is 48.3 Å². The van der Waals surface area contributed by atoms with Crippen LogP contribution in [0.1, 0.15) is 17.4 Å². The van der Waals surface area contributed by atoms with Gasteiger partial charge < -0.3 is 11.1 Å². The van der Waals surface area contributed by atoms with E-state index in [4.69, 9.17) is 5.73 Å². The van der Waals surface area contributed by atoms with Gasteiger partial charge in [-0.15, -0.1) is 0 Å². The zero-order valence-corrected chi connectivity index (χ0v) is 11.4. The Labute approximate surface area is 116 Å². The minimum atomic E-state index is -0.161. The standard InChI is InChI=1S/C14H15N3OS/c1-2-16-14(18)12-9-10(7-8-17-12)19-13-6-4-3-5-11(13)15/h3-9H,2,15H2,1H3,(H,16,18). The van der Waals surface area contributed by atoms with E-state index < -0.39 is 0 Å².